The van der Waals surface area contributed by atoms with Crippen molar-refractivity contribution in [3.63, 3.8) is 0 Å². The van der Waals surface area contributed by atoms with E-state index in [0.29, 0.717) is 40.5 Å². The Hall–Kier alpha value is -3.45. The molecule has 0 atom stereocenters. The van der Waals surface area contributed by atoms with Gasteiger partial charge in [0.05, 0.1) is 31.9 Å². The first-order valence-electron chi connectivity index (χ1n) is 9.27. The molecule has 30 heavy (non-hydrogen) atoms. The van der Waals surface area contributed by atoms with Crippen LogP contribution in [-0.4, -0.2) is 36.3 Å². The lowest BCUT2D eigenvalue weighted by Gasteiger charge is -2.14. The van der Waals surface area contributed by atoms with Gasteiger partial charge in [-0.1, -0.05) is 23.7 Å². The fourth-order valence-corrected chi connectivity index (χ4v) is 3.49. The van der Waals surface area contributed by atoms with E-state index in [0.717, 1.165) is 22.2 Å². The van der Waals surface area contributed by atoms with Gasteiger partial charge in [0, 0.05) is 18.3 Å². The second-order valence-electron chi connectivity index (χ2n) is 6.51. The molecule has 0 fully saturated rings. The van der Waals surface area contributed by atoms with Crippen LogP contribution in [-0.2, 0) is 6.54 Å². The standard InChI is InChI=1S/C22H21ClN4O3/c1-28-17-10-13(11-18(29-2)20(17)30-3)12-25-22-19-16(8-9-24-22)26-21(27-19)14-6-4-5-7-15(14)23/h4-11H,12H2,1-3H3,(H,24,25)(H,26,27). The van der Waals surface area contributed by atoms with Crippen LogP contribution in [0.25, 0.3) is 22.4 Å². The molecule has 0 aliphatic carbocycles. The molecule has 2 N–H and O–H groups in total. The van der Waals surface area contributed by atoms with E-state index in [-0.39, 0.29) is 0 Å². The Morgan fingerprint density at radius 2 is 1.73 bits per heavy atom. The maximum Gasteiger partial charge on any atom is 0.203 e. The number of hydrogen-bond donors (Lipinski definition) is 2. The Labute approximate surface area is 179 Å². The van der Waals surface area contributed by atoms with Crippen LogP contribution in [0.5, 0.6) is 17.2 Å². The number of methoxy groups -OCH3 is 3. The molecule has 2 aromatic heterocycles. The zero-order chi connectivity index (χ0) is 21.1. The normalized spacial score (nSPS) is 10.8. The number of nitrogens with one attached hydrogen (secondary N) is 2. The zero-order valence-corrected chi connectivity index (χ0v) is 17.6. The summed E-state index contributed by atoms with van der Waals surface area (Å²) < 4.78 is 16.2. The molecule has 0 aliphatic heterocycles. The number of anilines is 1. The molecule has 0 saturated heterocycles. The molecule has 2 aromatic carbocycles. The van der Waals surface area contributed by atoms with E-state index in [1.54, 1.807) is 27.5 Å². The lowest BCUT2D eigenvalue weighted by atomic mass is 10.1. The van der Waals surface area contributed by atoms with E-state index < -0.39 is 0 Å². The summed E-state index contributed by atoms with van der Waals surface area (Å²) in [7, 11) is 4.77. The van der Waals surface area contributed by atoms with Crippen molar-refractivity contribution in [1.82, 2.24) is 15.0 Å². The minimum atomic E-state index is 0.497. The monoisotopic (exact) mass is 424 g/mol. The first kappa shape index (κ1) is 19.8. The van der Waals surface area contributed by atoms with Gasteiger partial charge in [0.1, 0.15) is 11.3 Å². The fraction of sp³-hybridized carbons (Fsp3) is 0.182. The van der Waals surface area contributed by atoms with Gasteiger partial charge in [-0.3, -0.25) is 0 Å². The van der Waals surface area contributed by atoms with Gasteiger partial charge >= 0.3 is 0 Å². The van der Waals surface area contributed by atoms with Crippen LogP contribution in [0.2, 0.25) is 5.02 Å². The summed E-state index contributed by atoms with van der Waals surface area (Å²) in [5, 5.41) is 3.98. The lowest BCUT2D eigenvalue weighted by Crippen LogP contribution is -2.04. The van der Waals surface area contributed by atoms with Crippen molar-refractivity contribution in [1.29, 1.82) is 0 Å². The molecule has 0 spiro atoms. The summed E-state index contributed by atoms with van der Waals surface area (Å²) in [5.41, 5.74) is 3.39. The molecule has 0 aliphatic rings. The van der Waals surface area contributed by atoms with Crippen LogP contribution in [0.15, 0.2) is 48.7 Å². The average Bonchev–Trinajstić information content (AvgIpc) is 3.21. The predicted molar refractivity (Wildman–Crippen MR) is 118 cm³/mol. The van der Waals surface area contributed by atoms with Crippen LogP contribution in [0.1, 0.15) is 5.56 Å². The van der Waals surface area contributed by atoms with E-state index in [4.69, 9.17) is 30.8 Å². The number of aromatic nitrogens is 3. The summed E-state index contributed by atoms with van der Waals surface area (Å²) in [6.45, 7) is 0.497. The first-order valence-corrected chi connectivity index (χ1v) is 9.64. The van der Waals surface area contributed by atoms with E-state index in [1.165, 1.54) is 0 Å². The second-order valence-corrected chi connectivity index (χ2v) is 6.92. The number of halogens is 1. The molecule has 4 rings (SSSR count). The summed E-state index contributed by atoms with van der Waals surface area (Å²) >= 11 is 6.32. The molecule has 7 nitrogen and oxygen atoms in total. The number of benzene rings is 2. The predicted octanol–water partition coefficient (Wildman–Crippen LogP) is 4.92. The number of ether oxygens (including phenoxy) is 3. The average molecular weight is 425 g/mol. The molecule has 0 amide bonds. The Morgan fingerprint density at radius 1 is 1.00 bits per heavy atom. The highest BCUT2D eigenvalue weighted by atomic mass is 35.5. The van der Waals surface area contributed by atoms with Crippen LogP contribution in [0, 0.1) is 0 Å². The van der Waals surface area contributed by atoms with Crippen LogP contribution >= 0.6 is 11.6 Å². The Kier molecular flexibility index (Phi) is 5.63. The fourth-order valence-electron chi connectivity index (χ4n) is 3.27. The minimum Gasteiger partial charge on any atom is -0.493 e. The largest absolute Gasteiger partial charge is 0.493 e. The van der Waals surface area contributed by atoms with E-state index in [9.17, 15) is 0 Å². The quantitative estimate of drug-likeness (QED) is 0.438. The summed E-state index contributed by atoms with van der Waals surface area (Å²) in [6, 6.07) is 13.3. The highest BCUT2D eigenvalue weighted by Gasteiger charge is 2.15. The molecular weight excluding hydrogens is 404 g/mol. The molecule has 0 saturated carbocycles. The van der Waals surface area contributed by atoms with E-state index in [2.05, 4.69) is 15.3 Å². The van der Waals surface area contributed by atoms with Gasteiger partial charge in [0.2, 0.25) is 5.75 Å². The smallest absolute Gasteiger partial charge is 0.203 e. The van der Waals surface area contributed by atoms with Crippen molar-refractivity contribution >= 4 is 28.5 Å². The second kappa shape index (κ2) is 8.51. The molecule has 0 unspecified atom stereocenters. The number of rotatable bonds is 7. The summed E-state index contributed by atoms with van der Waals surface area (Å²) in [4.78, 5) is 12.5. The maximum absolute atomic E-state index is 6.32. The SMILES string of the molecule is COc1cc(CNc2nccc3[nH]c(-c4ccccc4Cl)nc23)cc(OC)c1OC. The minimum absolute atomic E-state index is 0.497. The van der Waals surface area contributed by atoms with Crippen LogP contribution < -0.4 is 19.5 Å². The van der Waals surface area contributed by atoms with Gasteiger partial charge in [-0.2, -0.15) is 0 Å². The van der Waals surface area contributed by atoms with Gasteiger partial charge in [-0.05, 0) is 35.9 Å². The first-order chi connectivity index (χ1) is 14.6. The van der Waals surface area contributed by atoms with Crippen LogP contribution in [0.3, 0.4) is 0 Å². The summed E-state index contributed by atoms with van der Waals surface area (Å²) in [5.74, 6) is 3.11. The van der Waals surface area contributed by atoms with Crippen molar-refractivity contribution in [2.24, 2.45) is 0 Å². The number of aromatic amines is 1. The van der Waals surface area contributed by atoms with Gasteiger partial charge in [0.15, 0.2) is 17.3 Å². The summed E-state index contributed by atoms with van der Waals surface area (Å²) in [6.07, 6.45) is 1.73. The van der Waals surface area contributed by atoms with Crippen molar-refractivity contribution in [3.05, 3.63) is 59.2 Å². The van der Waals surface area contributed by atoms with E-state index >= 15 is 0 Å². The van der Waals surface area contributed by atoms with Crippen molar-refractivity contribution in [3.8, 4) is 28.6 Å². The number of H-pyrrole nitrogens is 1. The van der Waals surface area contributed by atoms with Gasteiger partial charge in [0.25, 0.3) is 0 Å². The molecule has 4 aromatic rings. The number of pyridine rings is 1. The van der Waals surface area contributed by atoms with Crippen molar-refractivity contribution in [2.75, 3.05) is 26.6 Å². The highest BCUT2D eigenvalue weighted by Crippen LogP contribution is 2.38. The Balaban J connectivity index is 1.64. The zero-order valence-electron chi connectivity index (χ0n) is 16.8. The molecule has 8 heteroatoms. The molecule has 154 valence electrons. The maximum atomic E-state index is 6.32. The van der Waals surface area contributed by atoms with Gasteiger partial charge < -0.3 is 24.5 Å². The third-order valence-electron chi connectivity index (χ3n) is 4.71. The number of fused-ring (bicyclic) bond motifs is 1. The van der Waals surface area contributed by atoms with Crippen LogP contribution in [0.4, 0.5) is 5.82 Å². The van der Waals surface area contributed by atoms with E-state index in [1.807, 2.05) is 42.5 Å². The van der Waals surface area contributed by atoms with Crippen molar-refractivity contribution in [2.45, 2.75) is 6.54 Å². The number of nitrogens with zero attached hydrogens (tertiary/aromatic N) is 2. The Bertz CT molecular complexity index is 1170. The lowest BCUT2D eigenvalue weighted by molar-refractivity contribution is 0.324. The molecule has 0 bridgehead atoms. The third-order valence-corrected chi connectivity index (χ3v) is 5.04. The molecule has 0 radical (unpaired) electrons. The number of imidazole rings is 1. The topological polar surface area (TPSA) is 81.3 Å². The van der Waals surface area contributed by atoms with Crippen molar-refractivity contribution < 1.29 is 14.2 Å². The number of hydrogen-bond acceptors (Lipinski definition) is 6. The van der Waals surface area contributed by atoms with Gasteiger partial charge in [-0.15, -0.1) is 0 Å². The molecular formula is C22H21ClN4O3. The Morgan fingerprint density at radius 3 is 2.40 bits per heavy atom. The van der Waals surface area contributed by atoms with Gasteiger partial charge in [-0.25, -0.2) is 9.97 Å². The highest BCUT2D eigenvalue weighted by molar-refractivity contribution is 6.33. The molecule has 2 heterocycles. The third kappa shape index (κ3) is 3.71.